The molecule has 3 rings (SSSR count). The second kappa shape index (κ2) is 8.32. The molecular formula is C19H22ClN3O2. The van der Waals surface area contributed by atoms with Crippen LogP contribution < -0.4 is 5.32 Å². The zero-order chi connectivity index (χ0) is 17.6. The van der Waals surface area contributed by atoms with Gasteiger partial charge < -0.3 is 9.73 Å². The van der Waals surface area contributed by atoms with Crippen molar-refractivity contribution in [3.63, 3.8) is 0 Å². The SMILES string of the molecule is CCCCNCC(=O)N1N=C(c2ccc(Cl)cc2)C[C@H]1c1ccco1. The number of carbonyl (C=O) groups is 1. The molecule has 1 amide bonds. The number of hydrazone groups is 1. The van der Waals surface area contributed by atoms with Crippen molar-refractivity contribution >= 4 is 23.2 Å². The molecule has 0 fully saturated rings. The summed E-state index contributed by atoms with van der Waals surface area (Å²) in [6, 6.07) is 11.0. The van der Waals surface area contributed by atoms with Gasteiger partial charge in [-0.2, -0.15) is 5.10 Å². The monoisotopic (exact) mass is 359 g/mol. The number of hydrogen-bond acceptors (Lipinski definition) is 4. The van der Waals surface area contributed by atoms with Crippen molar-refractivity contribution in [1.29, 1.82) is 0 Å². The van der Waals surface area contributed by atoms with Crippen LogP contribution in [0.4, 0.5) is 0 Å². The maximum absolute atomic E-state index is 12.6. The summed E-state index contributed by atoms with van der Waals surface area (Å²) in [5, 5.41) is 9.99. The Bertz CT molecular complexity index is 726. The number of unbranched alkanes of at least 4 members (excludes halogenated alkanes) is 1. The maximum Gasteiger partial charge on any atom is 0.257 e. The Balaban J connectivity index is 1.77. The molecule has 0 bridgehead atoms. The first kappa shape index (κ1) is 17.7. The van der Waals surface area contributed by atoms with E-state index in [1.54, 1.807) is 11.3 Å². The molecule has 25 heavy (non-hydrogen) atoms. The first-order valence-electron chi connectivity index (χ1n) is 8.58. The van der Waals surface area contributed by atoms with Gasteiger partial charge in [0.2, 0.25) is 0 Å². The normalized spacial score (nSPS) is 17.0. The number of halogens is 1. The van der Waals surface area contributed by atoms with E-state index in [4.69, 9.17) is 16.0 Å². The van der Waals surface area contributed by atoms with Gasteiger partial charge in [0.15, 0.2) is 0 Å². The average molecular weight is 360 g/mol. The highest BCUT2D eigenvalue weighted by atomic mass is 35.5. The van der Waals surface area contributed by atoms with Gasteiger partial charge in [0.05, 0.1) is 18.5 Å². The molecule has 1 aromatic carbocycles. The molecule has 0 spiro atoms. The number of benzene rings is 1. The number of amides is 1. The lowest BCUT2D eigenvalue weighted by Crippen LogP contribution is -2.35. The van der Waals surface area contributed by atoms with Gasteiger partial charge in [-0.05, 0) is 42.8 Å². The van der Waals surface area contributed by atoms with Gasteiger partial charge in [-0.15, -0.1) is 0 Å². The van der Waals surface area contributed by atoms with E-state index in [0.29, 0.717) is 11.4 Å². The fourth-order valence-corrected chi connectivity index (χ4v) is 2.96. The first-order chi connectivity index (χ1) is 12.2. The van der Waals surface area contributed by atoms with Crippen molar-refractivity contribution in [1.82, 2.24) is 10.3 Å². The van der Waals surface area contributed by atoms with E-state index in [1.165, 1.54) is 0 Å². The number of carbonyl (C=O) groups excluding carboxylic acids is 1. The Labute approximate surface area is 152 Å². The number of furan rings is 1. The van der Waals surface area contributed by atoms with E-state index in [0.717, 1.165) is 36.4 Å². The van der Waals surface area contributed by atoms with Crippen LogP contribution in [0.3, 0.4) is 0 Å². The van der Waals surface area contributed by atoms with E-state index in [2.05, 4.69) is 17.3 Å². The fourth-order valence-electron chi connectivity index (χ4n) is 2.84. The standard InChI is InChI=1S/C19H22ClN3O2/c1-2-3-10-21-13-19(24)23-17(18-5-4-11-25-18)12-16(22-23)14-6-8-15(20)9-7-14/h4-9,11,17,21H,2-3,10,12-13H2,1H3/t17-/m0/s1. The van der Waals surface area contributed by atoms with E-state index < -0.39 is 0 Å². The topological polar surface area (TPSA) is 57.8 Å². The van der Waals surface area contributed by atoms with Gasteiger partial charge in [-0.3, -0.25) is 4.79 Å². The van der Waals surface area contributed by atoms with Gasteiger partial charge in [0.1, 0.15) is 11.8 Å². The molecular weight excluding hydrogens is 338 g/mol. The van der Waals surface area contributed by atoms with Crippen LogP contribution in [0.5, 0.6) is 0 Å². The lowest BCUT2D eigenvalue weighted by Gasteiger charge is -2.20. The molecule has 0 radical (unpaired) electrons. The molecule has 0 unspecified atom stereocenters. The fraction of sp³-hybridized carbons (Fsp3) is 0.368. The van der Waals surface area contributed by atoms with Gasteiger partial charge in [0, 0.05) is 11.4 Å². The highest BCUT2D eigenvalue weighted by Gasteiger charge is 2.34. The second-order valence-corrected chi connectivity index (χ2v) is 6.49. The Morgan fingerprint density at radius 2 is 2.16 bits per heavy atom. The van der Waals surface area contributed by atoms with E-state index in [-0.39, 0.29) is 18.5 Å². The lowest BCUT2D eigenvalue weighted by atomic mass is 10.0. The van der Waals surface area contributed by atoms with Crippen LogP contribution in [0.1, 0.15) is 43.6 Å². The minimum atomic E-state index is -0.207. The van der Waals surface area contributed by atoms with Crippen molar-refractivity contribution in [3.8, 4) is 0 Å². The average Bonchev–Trinajstić information content (AvgIpc) is 3.28. The highest BCUT2D eigenvalue weighted by molar-refractivity contribution is 6.30. The summed E-state index contributed by atoms with van der Waals surface area (Å²) in [6.07, 6.45) is 4.39. The Kier molecular flexibility index (Phi) is 5.89. The van der Waals surface area contributed by atoms with Crippen LogP contribution in [-0.4, -0.2) is 29.7 Å². The van der Waals surface area contributed by atoms with Gasteiger partial charge in [-0.25, -0.2) is 5.01 Å². The summed E-state index contributed by atoms with van der Waals surface area (Å²) >= 11 is 5.96. The number of nitrogens with one attached hydrogen (secondary N) is 1. The van der Waals surface area contributed by atoms with Crippen LogP contribution in [0.2, 0.25) is 5.02 Å². The molecule has 1 aliphatic heterocycles. The molecule has 6 heteroatoms. The molecule has 132 valence electrons. The summed E-state index contributed by atoms with van der Waals surface area (Å²) in [5.74, 6) is 0.691. The molecule has 1 aliphatic rings. The van der Waals surface area contributed by atoms with Crippen LogP contribution in [0.25, 0.3) is 0 Å². The Morgan fingerprint density at radius 1 is 1.36 bits per heavy atom. The van der Waals surface area contributed by atoms with E-state index in [1.807, 2.05) is 36.4 Å². The third-order valence-corrected chi connectivity index (χ3v) is 4.45. The highest BCUT2D eigenvalue weighted by Crippen LogP contribution is 2.33. The quantitative estimate of drug-likeness (QED) is 0.760. The summed E-state index contributed by atoms with van der Waals surface area (Å²) in [4.78, 5) is 12.6. The molecule has 1 aromatic heterocycles. The number of rotatable bonds is 7. The molecule has 1 N–H and O–H groups in total. The summed E-state index contributed by atoms with van der Waals surface area (Å²) < 4.78 is 5.54. The zero-order valence-corrected chi connectivity index (χ0v) is 15.0. The third-order valence-electron chi connectivity index (χ3n) is 4.20. The predicted octanol–water partition coefficient (Wildman–Crippen LogP) is 4.00. The third kappa shape index (κ3) is 4.30. The van der Waals surface area contributed by atoms with Crippen molar-refractivity contribution in [2.75, 3.05) is 13.1 Å². The van der Waals surface area contributed by atoms with E-state index >= 15 is 0 Å². The van der Waals surface area contributed by atoms with Crippen molar-refractivity contribution < 1.29 is 9.21 Å². The van der Waals surface area contributed by atoms with Crippen LogP contribution in [0, 0.1) is 0 Å². The summed E-state index contributed by atoms with van der Waals surface area (Å²) in [7, 11) is 0. The molecule has 0 aliphatic carbocycles. The van der Waals surface area contributed by atoms with Gasteiger partial charge >= 0.3 is 0 Å². The number of hydrogen-bond donors (Lipinski definition) is 1. The molecule has 2 aromatic rings. The Hall–Kier alpha value is -2.11. The van der Waals surface area contributed by atoms with Gasteiger partial charge in [0.25, 0.3) is 5.91 Å². The minimum Gasteiger partial charge on any atom is -0.467 e. The molecule has 5 nitrogen and oxygen atoms in total. The lowest BCUT2D eigenvalue weighted by molar-refractivity contribution is -0.132. The van der Waals surface area contributed by atoms with Gasteiger partial charge in [-0.1, -0.05) is 37.1 Å². The molecule has 2 heterocycles. The summed E-state index contributed by atoms with van der Waals surface area (Å²) in [6.45, 7) is 3.23. The molecule has 0 saturated carbocycles. The van der Waals surface area contributed by atoms with Crippen molar-refractivity contribution in [3.05, 3.63) is 59.0 Å². The summed E-state index contributed by atoms with van der Waals surface area (Å²) in [5.41, 5.74) is 1.83. The van der Waals surface area contributed by atoms with Crippen molar-refractivity contribution in [2.45, 2.75) is 32.2 Å². The predicted molar refractivity (Wildman–Crippen MR) is 98.7 cm³/mol. The van der Waals surface area contributed by atoms with Crippen molar-refractivity contribution in [2.24, 2.45) is 5.10 Å². The Morgan fingerprint density at radius 3 is 2.84 bits per heavy atom. The first-order valence-corrected chi connectivity index (χ1v) is 8.96. The van der Waals surface area contributed by atoms with E-state index in [9.17, 15) is 4.79 Å². The van der Waals surface area contributed by atoms with Crippen LogP contribution in [-0.2, 0) is 4.79 Å². The van der Waals surface area contributed by atoms with Crippen LogP contribution in [0.15, 0.2) is 52.2 Å². The van der Waals surface area contributed by atoms with Crippen LogP contribution >= 0.6 is 11.6 Å². The second-order valence-electron chi connectivity index (χ2n) is 6.06. The minimum absolute atomic E-state index is 0.0542. The largest absolute Gasteiger partial charge is 0.467 e. The maximum atomic E-state index is 12.6. The smallest absolute Gasteiger partial charge is 0.257 e. The number of nitrogens with zero attached hydrogens (tertiary/aromatic N) is 2. The zero-order valence-electron chi connectivity index (χ0n) is 14.2. The molecule has 1 atom stereocenters. The molecule has 0 saturated heterocycles.